The molecule has 1 unspecified atom stereocenters. The number of anilines is 3. The molecule has 10 nitrogen and oxygen atoms in total. The van der Waals surface area contributed by atoms with Crippen LogP contribution in [-0.2, 0) is 11.8 Å². The predicted octanol–water partition coefficient (Wildman–Crippen LogP) is 5.30. The van der Waals surface area contributed by atoms with Crippen molar-refractivity contribution < 1.29 is 19.3 Å². The predicted molar refractivity (Wildman–Crippen MR) is 165 cm³/mol. The van der Waals surface area contributed by atoms with Gasteiger partial charge < -0.3 is 39.4 Å². The number of halogens is 1. The van der Waals surface area contributed by atoms with Crippen LogP contribution in [0.15, 0.2) is 61.4 Å². The van der Waals surface area contributed by atoms with E-state index in [9.17, 15) is 5.11 Å². The Balaban J connectivity index is 1.72. The molecule has 4 aromatic rings. The van der Waals surface area contributed by atoms with Crippen molar-refractivity contribution in [3.8, 4) is 22.8 Å². The summed E-state index contributed by atoms with van der Waals surface area (Å²) in [5.41, 5.74) is 3.63. The number of likely N-dealkylation sites (N-methyl/N-ethyl adjacent to an activating group) is 1. The molecule has 2 atom stereocenters. The number of ether oxygens (including phenoxy) is 3. The summed E-state index contributed by atoms with van der Waals surface area (Å²) < 4.78 is 19.7. The number of fused-ring (bicyclic) bond motifs is 1. The van der Waals surface area contributed by atoms with Crippen LogP contribution in [0.3, 0.4) is 0 Å². The molecule has 0 fully saturated rings. The van der Waals surface area contributed by atoms with Crippen molar-refractivity contribution in [1.29, 1.82) is 0 Å². The van der Waals surface area contributed by atoms with Crippen molar-refractivity contribution in [2.75, 3.05) is 51.6 Å². The van der Waals surface area contributed by atoms with E-state index >= 15 is 0 Å². The van der Waals surface area contributed by atoms with Crippen LogP contribution in [-0.4, -0.2) is 77.8 Å². The van der Waals surface area contributed by atoms with Crippen molar-refractivity contribution in [3.05, 3.63) is 66.5 Å². The molecule has 0 saturated carbocycles. The number of benzene rings is 2. The van der Waals surface area contributed by atoms with Crippen molar-refractivity contribution >= 4 is 39.8 Å². The SMILES string of the molecule is C=CC(O)Nc1cc(Nc2ncc(Cl)c(-c3cn(C)c4ccccc34)n2)c(OC)cc1O[C@@H](COCC)CN(C)C. The summed E-state index contributed by atoms with van der Waals surface area (Å²) >= 11 is 6.58. The molecule has 0 aliphatic carbocycles. The van der Waals surface area contributed by atoms with Crippen LogP contribution >= 0.6 is 11.6 Å². The minimum atomic E-state index is -1.01. The van der Waals surface area contributed by atoms with E-state index in [4.69, 9.17) is 30.8 Å². The second kappa shape index (κ2) is 13.7. The first-order valence-electron chi connectivity index (χ1n) is 13.3. The minimum absolute atomic E-state index is 0.266. The van der Waals surface area contributed by atoms with Crippen molar-refractivity contribution in [2.24, 2.45) is 7.05 Å². The number of aryl methyl sites for hydroxylation is 1. The van der Waals surface area contributed by atoms with Crippen LogP contribution < -0.4 is 20.1 Å². The molecule has 2 aromatic carbocycles. The van der Waals surface area contributed by atoms with Gasteiger partial charge in [-0.15, -0.1) is 0 Å². The molecule has 0 spiro atoms. The third-order valence-corrected chi connectivity index (χ3v) is 6.62. The van der Waals surface area contributed by atoms with Crippen molar-refractivity contribution in [1.82, 2.24) is 19.4 Å². The first kappa shape index (κ1) is 30.1. The highest BCUT2D eigenvalue weighted by atomic mass is 35.5. The quantitative estimate of drug-likeness (QED) is 0.135. The molecule has 0 radical (unpaired) electrons. The van der Waals surface area contributed by atoms with Gasteiger partial charge in [0.1, 0.15) is 23.8 Å². The van der Waals surface area contributed by atoms with E-state index in [1.165, 1.54) is 6.08 Å². The Hall–Kier alpha value is -3.83. The summed E-state index contributed by atoms with van der Waals surface area (Å²) in [6.45, 7) is 7.20. The van der Waals surface area contributed by atoms with Crippen molar-refractivity contribution in [2.45, 2.75) is 19.3 Å². The maximum atomic E-state index is 10.3. The monoisotopic (exact) mass is 580 g/mol. The lowest BCUT2D eigenvalue weighted by molar-refractivity contribution is 0.0434. The Morgan fingerprint density at radius 2 is 1.98 bits per heavy atom. The summed E-state index contributed by atoms with van der Waals surface area (Å²) in [6, 6.07) is 11.6. The zero-order valence-electron chi connectivity index (χ0n) is 24.0. The van der Waals surface area contributed by atoms with Crippen LogP contribution in [0.1, 0.15) is 6.92 Å². The van der Waals surface area contributed by atoms with Gasteiger partial charge in [0, 0.05) is 48.9 Å². The third-order valence-electron chi connectivity index (χ3n) is 6.34. The van der Waals surface area contributed by atoms with E-state index in [0.717, 1.165) is 16.5 Å². The largest absolute Gasteiger partial charge is 0.494 e. The second-order valence-electron chi connectivity index (χ2n) is 9.72. The highest BCUT2D eigenvalue weighted by Gasteiger charge is 2.20. The topological polar surface area (TPSA) is 106 Å². The number of aliphatic hydroxyl groups is 1. The average Bonchev–Trinajstić information content (AvgIpc) is 3.29. The zero-order valence-corrected chi connectivity index (χ0v) is 24.8. The molecule has 0 amide bonds. The van der Waals surface area contributed by atoms with Crippen LogP contribution in [0.4, 0.5) is 17.3 Å². The van der Waals surface area contributed by atoms with E-state index in [1.54, 1.807) is 25.4 Å². The molecule has 11 heteroatoms. The van der Waals surface area contributed by atoms with E-state index in [0.29, 0.717) is 59.3 Å². The standard InChI is InChI=1S/C30H37ClN6O4/c1-7-28(38)33-24-13-23(26(39-6)14-27(24)41-19(16-36(3)4)18-40-8-2)34-30-32-15-22(31)29(35-30)21-17-37(5)25-12-10-9-11-20(21)25/h7,9-15,17,19,28,33,38H,1,8,16,18H2,2-6H3,(H,32,34,35)/t19-,28?/m1/s1. The maximum absolute atomic E-state index is 10.3. The molecule has 0 bridgehead atoms. The van der Waals surface area contributed by atoms with Gasteiger partial charge in [0.15, 0.2) is 0 Å². The first-order chi connectivity index (χ1) is 19.7. The second-order valence-corrected chi connectivity index (χ2v) is 10.1. The number of rotatable bonds is 14. The number of nitrogens with zero attached hydrogens (tertiary/aromatic N) is 4. The number of nitrogens with one attached hydrogen (secondary N) is 2. The van der Waals surface area contributed by atoms with Crippen LogP contribution in [0, 0.1) is 0 Å². The van der Waals surface area contributed by atoms with Gasteiger partial charge in [-0.1, -0.05) is 36.4 Å². The van der Waals surface area contributed by atoms with E-state index in [1.807, 2.05) is 68.0 Å². The average molecular weight is 581 g/mol. The molecule has 0 aliphatic rings. The molecular formula is C30H37ClN6O4. The summed E-state index contributed by atoms with van der Waals surface area (Å²) in [5, 5.41) is 18.1. The molecule has 218 valence electrons. The smallest absolute Gasteiger partial charge is 0.227 e. The highest BCUT2D eigenvalue weighted by Crippen LogP contribution is 2.39. The molecule has 2 heterocycles. The fourth-order valence-corrected chi connectivity index (χ4v) is 4.68. The van der Waals surface area contributed by atoms with Gasteiger partial charge in [-0.05, 0) is 39.2 Å². The fourth-order valence-electron chi connectivity index (χ4n) is 4.48. The summed E-state index contributed by atoms with van der Waals surface area (Å²) in [4.78, 5) is 11.2. The molecular weight excluding hydrogens is 544 g/mol. The summed E-state index contributed by atoms with van der Waals surface area (Å²) in [5.74, 6) is 1.29. The number of aliphatic hydroxyl groups excluding tert-OH is 1. The van der Waals surface area contributed by atoms with Gasteiger partial charge in [-0.3, -0.25) is 0 Å². The third kappa shape index (κ3) is 7.28. The molecule has 0 aliphatic heterocycles. The number of hydrogen-bond acceptors (Lipinski definition) is 9. The number of hydrogen-bond donors (Lipinski definition) is 3. The van der Waals surface area contributed by atoms with Crippen molar-refractivity contribution in [3.63, 3.8) is 0 Å². The maximum Gasteiger partial charge on any atom is 0.227 e. The van der Waals surface area contributed by atoms with E-state index < -0.39 is 6.23 Å². The van der Waals surface area contributed by atoms with Gasteiger partial charge in [0.25, 0.3) is 0 Å². The molecule has 3 N–H and O–H groups in total. The molecule has 0 saturated heterocycles. The number of methoxy groups -OCH3 is 1. The van der Waals surface area contributed by atoms with Crippen LogP contribution in [0.5, 0.6) is 11.5 Å². The van der Waals surface area contributed by atoms with Gasteiger partial charge in [-0.25, -0.2) is 9.97 Å². The lowest BCUT2D eigenvalue weighted by Crippen LogP contribution is -2.35. The highest BCUT2D eigenvalue weighted by molar-refractivity contribution is 6.33. The number of para-hydroxylation sites is 1. The van der Waals surface area contributed by atoms with Gasteiger partial charge in [0.2, 0.25) is 5.95 Å². The van der Waals surface area contributed by atoms with Gasteiger partial charge in [0.05, 0.1) is 42.0 Å². The normalized spacial score (nSPS) is 12.8. The Morgan fingerprint density at radius 1 is 1.20 bits per heavy atom. The molecule has 4 rings (SSSR count). The minimum Gasteiger partial charge on any atom is -0.494 e. The summed E-state index contributed by atoms with van der Waals surface area (Å²) in [6.07, 6.45) is 3.68. The Bertz CT molecular complexity index is 1490. The molecule has 2 aromatic heterocycles. The van der Waals surface area contributed by atoms with Gasteiger partial charge in [-0.2, -0.15) is 0 Å². The van der Waals surface area contributed by atoms with E-state index in [-0.39, 0.29) is 6.10 Å². The van der Waals surface area contributed by atoms with Crippen LogP contribution in [0.2, 0.25) is 5.02 Å². The Morgan fingerprint density at radius 3 is 2.68 bits per heavy atom. The van der Waals surface area contributed by atoms with Crippen LogP contribution in [0.25, 0.3) is 22.2 Å². The molecule has 41 heavy (non-hydrogen) atoms. The lowest BCUT2D eigenvalue weighted by Gasteiger charge is -2.25. The Labute approximate surface area is 245 Å². The lowest BCUT2D eigenvalue weighted by atomic mass is 10.1. The summed E-state index contributed by atoms with van der Waals surface area (Å²) in [7, 11) is 7.49. The van der Waals surface area contributed by atoms with E-state index in [2.05, 4.69) is 22.2 Å². The first-order valence-corrected chi connectivity index (χ1v) is 13.6. The van der Waals surface area contributed by atoms with Gasteiger partial charge >= 0.3 is 0 Å². The fraction of sp³-hybridized carbons (Fsp3) is 0.333. The zero-order chi connectivity index (χ0) is 29.5. The Kier molecular flexibility index (Phi) is 10.1. The number of aromatic nitrogens is 3.